The zero-order valence-corrected chi connectivity index (χ0v) is 11.2. The molecule has 0 aliphatic heterocycles. The Balaban J connectivity index is 2.23. The summed E-state index contributed by atoms with van der Waals surface area (Å²) in [4.78, 5) is 22.8. The molecule has 104 valence electrons. The molecule has 0 atom stereocenters. The number of anilines is 1. The number of hydrogen-bond acceptors (Lipinski definition) is 3. The van der Waals surface area contributed by atoms with Crippen LogP contribution in [0.3, 0.4) is 0 Å². The summed E-state index contributed by atoms with van der Waals surface area (Å²) in [5.41, 5.74) is 7.37. The van der Waals surface area contributed by atoms with Gasteiger partial charge >= 0.3 is 0 Å². The third-order valence-electron chi connectivity index (χ3n) is 2.61. The molecular formula is C14H21N3O2. The lowest BCUT2D eigenvalue weighted by atomic mass is 10.1. The highest BCUT2D eigenvalue weighted by Gasteiger charge is 2.05. The standard InChI is InChI=1S/C14H21N3O2/c1-2-8-16-14(19)10-17-13(18)7-6-11-4-3-5-12(15)9-11/h3-5,9H,2,6-8,10,15H2,1H3,(H,16,19)(H,17,18). The number of aryl methyl sites for hydroxylation is 1. The number of rotatable bonds is 7. The Hall–Kier alpha value is -2.04. The van der Waals surface area contributed by atoms with Crippen LogP contribution in [0.2, 0.25) is 0 Å². The first-order valence-electron chi connectivity index (χ1n) is 6.49. The van der Waals surface area contributed by atoms with Gasteiger partial charge in [-0.15, -0.1) is 0 Å². The molecular weight excluding hydrogens is 242 g/mol. The van der Waals surface area contributed by atoms with Gasteiger partial charge in [-0.25, -0.2) is 0 Å². The highest BCUT2D eigenvalue weighted by molar-refractivity contribution is 5.84. The number of nitrogen functional groups attached to an aromatic ring is 1. The monoisotopic (exact) mass is 263 g/mol. The molecule has 5 heteroatoms. The van der Waals surface area contributed by atoms with Gasteiger partial charge < -0.3 is 16.4 Å². The molecule has 0 aliphatic rings. The van der Waals surface area contributed by atoms with Gasteiger partial charge in [0.1, 0.15) is 0 Å². The minimum atomic E-state index is -0.154. The molecule has 0 saturated carbocycles. The van der Waals surface area contributed by atoms with Crippen LogP contribution in [0.5, 0.6) is 0 Å². The maximum absolute atomic E-state index is 11.6. The molecule has 19 heavy (non-hydrogen) atoms. The summed E-state index contributed by atoms with van der Waals surface area (Å²) >= 11 is 0. The van der Waals surface area contributed by atoms with Gasteiger partial charge in [-0.05, 0) is 30.5 Å². The second-order valence-corrected chi connectivity index (χ2v) is 4.37. The van der Waals surface area contributed by atoms with E-state index in [2.05, 4.69) is 10.6 Å². The highest BCUT2D eigenvalue weighted by Crippen LogP contribution is 2.08. The van der Waals surface area contributed by atoms with Crippen molar-refractivity contribution >= 4 is 17.5 Å². The number of carbonyl (C=O) groups is 2. The molecule has 4 N–H and O–H groups in total. The van der Waals surface area contributed by atoms with E-state index < -0.39 is 0 Å². The highest BCUT2D eigenvalue weighted by atomic mass is 16.2. The van der Waals surface area contributed by atoms with E-state index in [-0.39, 0.29) is 18.4 Å². The van der Waals surface area contributed by atoms with Crippen LogP contribution in [0.1, 0.15) is 25.3 Å². The summed E-state index contributed by atoms with van der Waals surface area (Å²) < 4.78 is 0. The van der Waals surface area contributed by atoms with E-state index in [4.69, 9.17) is 5.73 Å². The first-order valence-corrected chi connectivity index (χ1v) is 6.49. The topological polar surface area (TPSA) is 84.2 Å². The van der Waals surface area contributed by atoms with Gasteiger partial charge in [0.05, 0.1) is 6.54 Å². The number of hydrogen-bond donors (Lipinski definition) is 3. The first-order chi connectivity index (χ1) is 9.11. The first kappa shape index (κ1) is 15.0. The number of nitrogens with one attached hydrogen (secondary N) is 2. The van der Waals surface area contributed by atoms with Crippen molar-refractivity contribution in [2.45, 2.75) is 26.2 Å². The van der Waals surface area contributed by atoms with Crippen molar-refractivity contribution in [1.82, 2.24) is 10.6 Å². The van der Waals surface area contributed by atoms with Crippen LogP contribution in [-0.2, 0) is 16.0 Å². The van der Waals surface area contributed by atoms with Crippen LogP contribution < -0.4 is 16.4 Å². The molecule has 0 bridgehead atoms. The molecule has 0 aromatic heterocycles. The predicted octanol–water partition coefficient (Wildman–Crippen LogP) is 0.844. The van der Waals surface area contributed by atoms with E-state index in [1.165, 1.54) is 0 Å². The summed E-state index contributed by atoms with van der Waals surface area (Å²) in [5.74, 6) is -0.284. The van der Waals surface area contributed by atoms with Crippen molar-refractivity contribution in [2.24, 2.45) is 0 Å². The zero-order chi connectivity index (χ0) is 14.1. The predicted molar refractivity (Wildman–Crippen MR) is 75.5 cm³/mol. The van der Waals surface area contributed by atoms with Gasteiger partial charge in [0.2, 0.25) is 11.8 Å². The lowest BCUT2D eigenvalue weighted by Gasteiger charge is -2.06. The third-order valence-corrected chi connectivity index (χ3v) is 2.61. The quantitative estimate of drug-likeness (QED) is 0.637. The smallest absolute Gasteiger partial charge is 0.239 e. The van der Waals surface area contributed by atoms with Crippen molar-refractivity contribution in [3.63, 3.8) is 0 Å². The summed E-state index contributed by atoms with van der Waals surface area (Å²) in [6, 6.07) is 7.45. The lowest BCUT2D eigenvalue weighted by molar-refractivity contribution is -0.126. The van der Waals surface area contributed by atoms with Gasteiger partial charge in [-0.3, -0.25) is 9.59 Å². The van der Waals surface area contributed by atoms with E-state index in [0.29, 0.717) is 25.1 Å². The molecule has 0 unspecified atom stereocenters. The van der Waals surface area contributed by atoms with E-state index in [1.807, 2.05) is 31.2 Å². The lowest BCUT2D eigenvalue weighted by Crippen LogP contribution is -2.37. The van der Waals surface area contributed by atoms with Gasteiger partial charge in [-0.1, -0.05) is 19.1 Å². The Labute approximate surface area is 113 Å². The van der Waals surface area contributed by atoms with E-state index >= 15 is 0 Å². The summed E-state index contributed by atoms with van der Waals surface area (Å²) in [6.45, 7) is 2.65. The van der Waals surface area contributed by atoms with Crippen molar-refractivity contribution in [3.8, 4) is 0 Å². The van der Waals surface area contributed by atoms with Crippen LogP contribution in [0, 0.1) is 0 Å². The SMILES string of the molecule is CCCNC(=O)CNC(=O)CCc1cccc(N)c1. The average Bonchev–Trinajstić information content (AvgIpc) is 2.40. The Morgan fingerprint density at radius 1 is 1.21 bits per heavy atom. The molecule has 0 radical (unpaired) electrons. The molecule has 1 aromatic rings. The molecule has 1 aromatic carbocycles. The minimum absolute atomic E-state index is 0.0375. The molecule has 0 spiro atoms. The number of benzene rings is 1. The third kappa shape index (κ3) is 6.45. The maximum atomic E-state index is 11.6. The van der Waals surface area contributed by atoms with Crippen molar-refractivity contribution in [3.05, 3.63) is 29.8 Å². The Bertz CT molecular complexity index is 432. The van der Waals surface area contributed by atoms with Crippen molar-refractivity contribution in [2.75, 3.05) is 18.8 Å². The fourth-order valence-electron chi connectivity index (χ4n) is 1.60. The van der Waals surface area contributed by atoms with Gasteiger partial charge in [0.15, 0.2) is 0 Å². The van der Waals surface area contributed by atoms with Crippen LogP contribution in [0.4, 0.5) is 5.69 Å². The number of amides is 2. The molecule has 0 fully saturated rings. The van der Waals surface area contributed by atoms with E-state index in [0.717, 1.165) is 12.0 Å². The van der Waals surface area contributed by atoms with Crippen LogP contribution >= 0.6 is 0 Å². The van der Waals surface area contributed by atoms with Gasteiger partial charge in [0, 0.05) is 18.7 Å². The molecule has 2 amide bonds. The molecule has 1 rings (SSSR count). The fourth-order valence-corrected chi connectivity index (χ4v) is 1.60. The van der Waals surface area contributed by atoms with Gasteiger partial charge in [-0.2, -0.15) is 0 Å². The second kappa shape index (κ2) is 8.13. The van der Waals surface area contributed by atoms with E-state index in [9.17, 15) is 9.59 Å². The molecule has 0 saturated heterocycles. The normalized spacial score (nSPS) is 9.95. The van der Waals surface area contributed by atoms with Gasteiger partial charge in [0.25, 0.3) is 0 Å². The average molecular weight is 263 g/mol. The van der Waals surface area contributed by atoms with Crippen LogP contribution in [0.25, 0.3) is 0 Å². The maximum Gasteiger partial charge on any atom is 0.239 e. The summed E-state index contributed by atoms with van der Waals surface area (Å²) in [5, 5.41) is 5.29. The Morgan fingerprint density at radius 2 is 2.00 bits per heavy atom. The summed E-state index contributed by atoms with van der Waals surface area (Å²) in [7, 11) is 0. The Kier molecular flexibility index (Phi) is 6.43. The molecule has 0 aliphatic carbocycles. The van der Waals surface area contributed by atoms with Crippen LogP contribution in [-0.4, -0.2) is 24.9 Å². The zero-order valence-electron chi connectivity index (χ0n) is 11.2. The molecule has 0 heterocycles. The van der Waals surface area contributed by atoms with Crippen molar-refractivity contribution in [1.29, 1.82) is 0 Å². The molecule has 5 nitrogen and oxygen atoms in total. The number of carbonyl (C=O) groups excluding carboxylic acids is 2. The largest absolute Gasteiger partial charge is 0.399 e. The van der Waals surface area contributed by atoms with Crippen LogP contribution in [0.15, 0.2) is 24.3 Å². The van der Waals surface area contributed by atoms with E-state index in [1.54, 1.807) is 0 Å². The fraction of sp³-hybridized carbons (Fsp3) is 0.429. The number of nitrogens with two attached hydrogens (primary N) is 1. The second-order valence-electron chi connectivity index (χ2n) is 4.37. The van der Waals surface area contributed by atoms with Crippen molar-refractivity contribution < 1.29 is 9.59 Å². The minimum Gasteiger partial charge on any atom is -0.399 e. The summed E-state index contributed by atoms with van der Waals surface area (Å²) in [6.07, 6.45) is 1.85. The Morgan fingerprint density at radius 3 is 2.68 bits per heavy atom.